The fraction of sp³-hybridized carbons (Fsp3) is 0.238. The molecule has 0 aliphatic carbocycles. The number of allylic oxidation sites excluding steroid dienone is 1. The van der Waals surface area contributed by atoms with Crippen molar-refractivity contribution in [1.82, 2.24) is 5.43 Å². The van der Waals surface area contributed by atoms with Crippen LogP contribution in [-0.2, 0) is 0 Å². The summed E-state index contributed by atoms with van der Waals surface area (Å²) in [5.74, 6) is 0.549. The van der Waals surface area contributed by atoms with Crippen LogP contribution in [0.3, 0.4) is 0 Å². The highest BCUT2D eigenvalue weighted by Gasteiger charge is 2.06. The molecule has 0 saturated carbocycles. The number of benzene rings is 2. The molecule has 0 spiro atoms. The molecule has 0 aliphatic heterocycles. The van der Waals surface area contributed by atoms with E-state index >= 15 is 0 Å². The summed E-state index contributed by atoms with van der Waals surface area (Å²) in [6.45, 7) is 6.09. The molecule has 1 N–H and O–H groups in total. The van der Waals surface area contributed by atoms with Crippen LogP contribution in [0.4, 0.5) is 5.69 Å². The molecular formula is C21H25N3O2. The van der Waals surface area contributed by atoms with Gasteiger partial charge in [0.2, 0.25) is 0 Å². The van der Waals surface area contributed by atoms with Gasteiger partial charge in [0, 0.05) is 36.1 Å². The summed E-state index contributed by atoms with van der Waals surface area (Å²) in [5, 5.41) is 3.95. The Morgan fingerprint density at radius 1 is 1.12 bits per heavy atom. The standard InChI is InChI=1S/C21H25N3O2/c1-4-24(5-2)19-14-12-18(13-15-19)21(25)23-22-16-8-10-17-9-6-7-11-20(17)26-3/h6-16H,4-5H2,1-3H3,(H,23,25). The number of ether oxygens (including phenoxy) is 1. The molecule has 2 aromatic rings. The van der Waals surface area contributed by atoms with Gasteiger partial charge in [0.25, 0.3) is 5.91 Å². The second kappa shape index (κ2) is 10.0. The fourth-order valence-electron chi connectivity index (χ4n) is 2.57. The van der Waals surface area contributed by atoms with E-state index in [4.69, 9.17) is 4.74 Å². The minimum atomic E-state index is -0.238. The van der Waals surface area contributed by atoms with Crippen LogP contribution in [0.5, 0.6) is 5.75 Å². The Morgan fingerprint density at radius 3 is 2.46 bits per heavy atom. The van der Waals surface area contributed by atoms with E-state index in [1.165, 1.54) is 6.21 Å². The van der Waals surface area contributed by atoms with E-state index in [2.05, 4.69) is 29.3 Å². The number of hydrogen-bond acceptors (Lipinski definition) is 4. The first-order valence-electron chi connectivity index (χ1n) is 8.67. The molecule has 0 atom stereocenters. The van der Waals surface area contributed by atoms with E-state index in [0.717, 1.165) is 30.1 Å². The third kappa shape index (κ3) is 5.21. The third-order valence-corrected chi connectivity index (χ3v) is 4.00. The van der Waals surface area contributed by atoms with Crippen LogP contribution in [0.15, 0.2) is 59.7 Å². The SMILES string of the molecule is CCN(CC)c1ccc(C(=O)NN=CC=Cc2ccccc2OC)cc1. The largest absolute Gasteiger partial charge is 0.496 e. The first-order chi connectivity index (χ1) is 12.7. The van der Waals surface area contributed by atoms with Crippen LogP contribution in [-0.4, -0.2) is 32.3 Å². The Morgan fingerprint density at radius 2 is 1.81 bits per heavy atom. The first kappa shape index (κ1) is 19.2. The van der Waals surface area contributed by atoms with Gasteiger partial charge in [0.1, 0.15) is 5.75 Å². The zero-order valence-electron chi connectivity index (χ0n) is 15.5. The Labute approximate surface area is 155 Å². The summed E-state index contributed by atoms with van der Waals surface area (Å²) in [6, 6.07) is 15.2. The lowest BCUT2D eigenvalue weighted by Crippen LogP contribution is -2.22. The van der Waals surface area contributed by atoms with Crippen molar-refractivity contribution in [2.24, 2.45) is 5.10 Å². The minimum absolute atomic E-state index is 0.238. The van der Waals surface area contributed by atoms with Gasteiger partial charge < -0.3 is 9.64 Å². The van der Waals surface area contributed by atoms with E-state index < -0.39 is 0 Å². The van der Waals surface area contributed by atoms with Gasteiger partial charge in [-0.1, -0.05) is 18.2 Å². The summed E-state index contributed by atoms with van der Waals surface area (Å²) in [6.07, 6.45) is 5.16. The number of nitrogens with one attached hydrogen (secondary N) is 1. The molecule has 1 amide bonds. The Bertz CT molecular complexity index is 763. The zero-order valence-corrected chi connectivity index (χ0v) is 15.5. The maximum absolute atomic E-state index is 12.1. The zero-order chi connectivity index (χ0) is 18.8. The number of amides is 1. The maximum Gasteiger partial charge on any atom is 0.271 e. The summed E-state index contributed by atoms with van der Waals surface area (Å²) in [4.78, 5) is 14.3. The van der Waals surface area contributed by atoms with Crippen molar-refractivity contribution in [3.05, 3.63) is 65.7 Å². The molecule has 0 aromatic heterocycles. The number of rotatable bonds is 8. The van der Waals surface area contributed by atoms with Crippen molar-refractivity contribution in [2.45, 2.75) is 13.8 Å². The summed E-state index contributed by atoms with van der Waals surface area (Å²) >= 11 is 0. The predicted octanol–water partition coefficient (Wildman–Crippen LogP) is 3.97. The molecule has 0 heterocycles. The van der Waals surface area contributed by atoms with E-state index in [0.29, 0.717) is 5.56 Å². The lowest BCUT2D eigenvalue weighted by molar-refractivity contribution is 0.0955. The van der Waals surface area contributed by atoms with Crippen molar-refractivity contribution < 1.29 is 9.53 Å². The number of methoxy groups -OCH3 is 1. The number of anilines is 1. The van der Waals surface area contributed by atoms with Gasteiger partial charge in [-0.05, 0) is 56.3 Å². The van der Waals surface area contributed by atoms with Crippen LogP contribution in [0, 0.1) is 0 Å². The Hall–Kier alpha value is -3.08. The van der Waals surface area contributed by atoms with Crippen molar-refractivity contribution in [1.29, 1.82) is 0 Å². The average molecular weight is 351 g/mol. The molecule has 0 radical (unpaired) electrons. The van der Waals surface area contributed by atoms with Crippen molar-refractivity contribution in [3.8, 4) is 5.75 Å². The van der Waals surface area contributed by atoms with E-state index in [-0.39, 0.29) is 5.91 Å². The molecule has 0 bridgehead atoms. The predicted molar refractivity (Wildman–Crippen MR) is 108 cm³/mol. The number of carbonyl (C=O) groups excluding carboxylic acids is 1. The lowest BCUT2D eigenvalue weighted by Gasteiger charge is -2.20. The number of carbonyl (C=O) groups is 1. The van der Waals surface area contributed by atoms with Gasteiger partial charge in [0.15, 0.2) is 0 Å². The third-order valence-electron chi connectivity index (χ3n) is 4.00. The average Bonchev–Trinajstić information content (AvgIpc) is 2.69. The smallest absolute Gasteiger partial charge is 0.271 e. The molecule has 0 saturated heterocycles. The van der Waals surface area contributed by atoms with Crippen LogP contribution in [0.25, 0.3) is 6.08 Å². The molecule has 5 nitrogen and oxygen atoms in total. The van der Waals surface area contributed by atoms with Gasteiger partial charge in [-0.2, -0.15) is 5.10 Å². The van der Waals surface area contributed by atoms with Gasteiger partial charge in [-0.25, -0.2) is 5.43 Å². The van der Waals surface area contributed by atoms with Crippen molar-refractivity contribution in [2.75, 3.05) is 25.1 Å². The lowest BCUT2D eigenvalue weighted by atomic mass is 10.2. The normalized spacial score (nSPS) is 11.0. The van der Waals surface area contributed by atoms with E-state index in [1.807, 2.05) is 54.6 Å². The highest BCUT2D eigenvalue weighted by atomic mass is 16.5. The van der Waals surface area contributed by atoms with Crippen molar-refractivity contribution >= 4 is 23.9 Å². The summed E-state index contributed by atoms with van der Waals surface area (Å²) in [7, 11) is 1.63. The molecule has 0 fully saturated rings. The first-order valence-corrected chi connectivity index (χ1v) is 8.67. The van der Waals surface area contributed by atoms with Gasteiger partial charge >= 0.3 is 0 Å². The number of nitrogens with zero attached hydrogens (tertiary/aromatic N) is 2. The van der Waals surface area contributed by atoms with Gasteiger partial charge in [-0.3, -0.25) is 4.79 Å². The quantitative estimate of drug-likeness (QED) is 0.578. The Kier molecular flexibility index (Phi) is 7.43. The number of hydrazone groups is 1. The van der Waals surface area contributed by atoms with Crippen LogP contribution in [0.2, 0.25) is 0 Å². The monoisotopic (exact) mass is 351 g/mol. The molecule has 2 aromatic carbocycles. The second-order valence-corrected chi connectivity index (χ2v) is 5.54. The summed E-state index contributed by atoms with van der Waals surface area (Å²) in [5.41, 5.74) is 5.15. The van der Waals surface area contributed by atoms with Gasteiger partial charge in [-0.15, -0.1) is 0 Å². The van der Waals surface area contributed by atoms with Gasteiger partial charge in [0.05, 0.1) is 7.11 Å². The highest BCUT2D eigenvalue weighted by Crippen LogP contribution is 2.18. The van der Waals surface area contributed by atoms with Crippen LogP contribution < -0.4 is 15.1 Å². The van der Waals surface area contributed by atoms with Crippen molar-refractivity contribution in [3.63, 3.8) is 0 Å². The van der Waals surface area contributed by atoms with E-state index in [1.54, 1.807) is 13.2 Å². The topological polar surface area (TPSA) is 53.9 Å². The molecule has 0 aliphatic rings. The highest BCUT2D eigenvalue weighted by molar-refractivity contribution is 5.95. The molecule has 2 rings (SSSR count). The molecule has 0 unspecified atom stereocenters. The van der Waals surface area contributed by atoms with E-state index in [9.17, 15) is 4.79 Å². The maximum atomic E-state index is 12.1. The fourth-order valence-corrected chi connectivity index (χ4v) is 2.57. The summed E-state index contributed by atoms with van der Waals surface area (Å²) < 4.78 is 5.27. The second-order valence-electron chi connectivity index (χ2n) is 5.54. The van der Waals surface area contributed by atoms with Crippen LogP contribution in [0.1, 0.15) is 29.8 Å². The molecular weight excluding hydrogens is 326 g/mol. The molecule has 5 heteroatoms. The number of para-hydroxylation sites is 1. The number of hydrogen-bond donors (Lipinski definition) is 1. The minimum Gasteiger partial charge on any atom is -0.496 e. The Balaban J connectivity index is 1.91. The molecule has 136 valence electrons. The van der Waals surface area contributed by atoms with Crippen LogP contribution >= 0.6 is 0 Å². The molecule has 26 heavy (non-hydrogen) atoms.